The van der Waals surface area contributed by atoms with Crippen molar-refractivity contribution in [1.29, 1.82) is 0 Å². The molecule has 6 heteroatoms. The number of nitrogens with two attached hydrogens (primary N) is 1. The Morgan fingerprint density at radius 3 is 2.75 bits per heavy atom. The van der Waals surface area contributed by atoms with Crippen LogP contribution in [0.3, 0.4) is 0 Å². The predicted octanol–water partition coefficient (Wildman–Crippen LogP) is 2.73. The summed E-state index contributed by atoms with van der Waals surface area (Å²) in [6, 6.07) is 9.68. The maximum absolute atomic E-state index is 11.6. The van der Waals surface area contributed by atoms with Crippen LogP contribution in [0.25, 0.3) is 21.6 Å². The fourth-order valence-electron chi connectivity index (χ4n) is 1.88. The van der Waals surface area contributed by atoms with E-state index in [4.69, 9.17) is 10.5 Å². The van der Waals surface area contributed by atoms with Gasteiger partial charge in [0.2, 0.25) is 0 Å². The van der Waals surface area contributed by atoms with Gasteiger partial charge in [-0.3, -0.25) is 0 Å². The van der Waals surface area contributed by atoms with Crippen molar-refractivity contribution in [3.8, 4) is 11.3 Å². The normalized spacial score (nSPS) is 10.7. The Morgan fingerprint density at radius 1 is 1.30 bits per heavy atom. The van der Waals surface area contributed by atoms with Gasteiger partial charge in [-0.05, 0) is 0 Å². The molecule has 0 amide bonds. The fraction of sp³-hybridized carbons (Fsp3) is 0.0714. The van der Waals surface area contributed by atoms with Crippen molar-refractivity contribution in [2.45, 2.75) is 0 Å². The Labute approximate surface area is 119 Å². The highest BCUT2D eigenvalue weighted by molar-refractivity contribution is 7.21. The standard InChI is InChI=1S/C14H11N3O2S/c1-19-14(18)12-10(15)11-13(20-12)16-7-9(17-11)8-5-3-2-4-6-8/h2-7H,15H2,1H3. The number of nitrogen functional groups attached to an aromatic ring is 1. The van der Waals surface area contributed by atoms with Crippen LogP contribution in [0.1, 0.15) is 9.67 Å². The summed E-state index contributed by atoms with van der Waals surface area (Å²) in [5.74, 6) is -0.464. The van der Waals surface area contributed by atoms with Crippen LogP contribution in [-0.2, 0) is 4.74 Å². The molecule has 1 aromatic carbocycles. The van der Waals surface area contributed by atoms with Gasteiger partial charge in [-0.2, -0.15) is 0 Å². The van der Waals surface area contributed by atoms with Gasteiger partial charge in [0.05, 0.1) is 24.7 Å². The van der Waals surface area contributed by atoms with Crippen molar-refractivity contribution in [2.24, 2.45) is 0 Å². The number of fused-ring (bicyclic) bond motifs is 1. The molecule has 2 aromatic heterocycles. The van der Waals surface area contributed by atoms with E-state index in [9.17, 15) is 4.79 Å². The summed E-state index contributed by atoms with van der Waals surface area (Å²) in [7, 11) is 1.32. The summed E-state index contributed by atoms with van der Waals surface area (Å²) < 4.78 is 4.70. The number of carbonyl (C=O) groups is 1. The van der Waals surface area contributed by atoms with Crippen LogP contribution >= 0.6 is 11.3 Å². The summed E-state index contributed by atoms with van der Waals surface area (Å²) in [6.45, 7) is 0. The van der Waals surface area contributed by atoms with E-state index < -0.39 is 5.97 Å². The Morgan fingerprint density at radius 2 is 2.05 bits per heavy atom. The van der Waals surface area contributed by atoms with Crippen LogP contribution in [0, 0.1) is 0 Å². The smallest absolute Gasteiger partial charge is 0.350 e. The highest BCUT2D eigenvalue weighted by Gasteiger charge is 2.19. The number of methoxy groups -OCH3 is 1. The highest BCUT2D eigenvalue weighted by Crippen LogP contribution is 2.32. The molecule has 3 aromatic rings. The van der Waals surface area contributed by atoms with Gasteiger partial charge in [-0.15, -0.1) is 11.3 Å². The second-order valence-electron chi connectivity index (χ2n) is 4.11. The molecule has 0 spiro atoms. The van der Waals surface area contributed by atoms with Crippen molar-refractivity contribution < 1.29 is 9.53 Å². The van der Waals surface area contributed by atoms with Crippen molar-refractivity contribution in [1.82, 2.24) is 9.97 Å². The van der Waals surface area contributed by atoms with E-state index in [0.29, 0.717) is 20.9 Å². The van der Waals surface area contributed by atoms with E-state index in [0.717, 1.165) is 11.3 Å². The van der Waals surface area contributed by atoms with Gasteiger partial charge in [0.1, 0.15) is 15.2 Å². The van der Waals surface area contributed by atoms with E-state index >= 15 is 0 Å². The number of aromatic nitrogens is 2. The summed E-state index contributed by atoms with van der Waals surface area (Å²) >= 11 is 1.19. The lowest BCUT2D eigenvalue weighted by atomic mass is 10.2. The van der Waals surface area contributed by atoms with Crippen molar-refractivity contribution in [2.75, 3.05) is 12.8 Å². The minimum absolute atomic E-state index is 0.321. The Hall–Kier alpha value is -2.47. The molecule has 0 bridgehead atoms. The lowest BCUT2D eigenvalue weighted by molar-refractivity contribution is 0.0607. The number of rotatable bonds is 2. The van der Waals surface area contributed by atoms with Gasteiger partial charge in [-0.25, -0.2) is 14.8 Å². The molecule has 0 saturated heterocycles. The SMILES string of the molecule is COC(=O)c1sc2ncc(-c3ccccc3)nc2c1N. The van der Waals surface area contributed by atoms with E-state index in [1.165, 1.54) is 18.4 Å². The topological polar surface area (TPSA) is 78.1 Å². The molecule has 20 heavy (non-hydrogen) atoms. The molecule has 0 aliphatic carbocycles. The number of hydrogen-bond acceptors (Lipinski definition) is 6. The minimum atomic E-state index is -0.464. The summed E-state index contributed by atoms with van der Waals surface area (Å²) in [4.78, 5) is 21.4. The first-order chi connectivity index (χ1) is 9.70. The zero-order valence-electron chi connectivity index (χ0n) is 10.7. The van der Waals surface area contributed by atoms with E-state index in [1.807, 2.05) is 30.3 Å². The van der Waals surface area contributed by atoms with Gasteiger partial charge >= 0.3 is 5.97 Å². The minimum Gasteiger partial charge on any atom is -0.465 e. The number of carbonyl (C=O) groups excluding carboxylic acids is 1. The molecule has 0 aliphatic heterocycles. The van der Waals surface area contributed by atoms with Crippen LogP contribution < -0.4 is 5.73 Å². The van der Waals surface area contributed by atoms with E-state index in [1.54, 1.807) is 6.20 Å². The first-order valence-electron chi connectivity index (χ1n) is 5.89. The number of benzene rings is 1. The van der Waals surface area contributed by atoms with Crippen LogP contribution in [0.2, 0.25) is 0 Å². The molecular formula is C14H11N3O2S. The molecule has 0 unspecified atom stereocenters. The van der Waals surface area contributed by atoms with Gasteiger partial charge in [0.15, 0.2) is 0 Å². The molecule has 2 N–H and O–H groups in total. The molecule has 0 saturated carbocycles. The summed E-state index contributed by atoms with van der Waals surface area (Å²) in [5.41, 5.74) is 8.50. The van der Waals surface area contributed by atoms with Crippen molar-refractivity contribution in [3.63, 3.8) is 0 Å². The first kappa shape index (κ1) is 12.6. The van der Waals surface area contributed by atoms with E-state index in [2.05, 4.69) is 9.97 Å². The number of hydrogen-bond donors (Lipinski definition) is 1. The number of anilines is 1. The third-order valence-corrected chi connectivity index (χ3v) is 3.96. The van der Waals surface area contributed by atoms with Gasteiger partial charge in [-0.1, -0.05) is 30.3 Å². The van der Waals surface area contributed by atoms with Crippen LogP contribution in [0.5, 0.6) is 0 Å². The first-order valence-corrected chi connectivity index (χ1v) is 6.71. The summed E-state index contributed by atoms with van der Waals surface area (Å²) in [6.07, 6.45) is 1.68. The number of thiophene rings is 1. The third-order valence-electron chi connectivity index (χ3n) is 2.88. The monoisotopic (exact) mass is 285 g/mol. The Balaban J connectivity index is 2.17. The van der Waals surface area contributed by atoms with Crippen LogP contribution in [-0.4, -0.2) is 23.0 Å². The Kier molecular flexibility index (Phi) is 3.08. The molecule has 0 radical (unpaired) electrons. The average molecular weight is 285 g/mol. The maximum atomic E-state index is 11.6. The van der Waals surface area contributed by atoms with Gasteiger partial charge in [0.25, 0.3) is 0 Å². The van der Waals surface area contributed by atoms with Crippen LogP contribution in [0.15, 0.2) is 36.5 Å². The third kappa shape index (κ3) is 2.00. The maximum Gasteiger partial charge on any atom is 0.350 e. The van der Waals surface area contributed by atoms with Gasteiger partial charge in [0, 0.05) is 5.56 Å². The van der Waals surface area contributed by atoms with Crippen LogP contribution in [0.4, 0.5) is 5.69 Å². The predicted molar refractivity (Wildman–Crippen MR) is 78.6 cm³/mol. The van der Waals surface area contributed by atoms with Crippen molar-refractivity contribution in [3.05, 3.63) is 41.4 Å². The lowest BCUT2D eigenvalue weighted by Gasteiger charge is -2.00. The molecule has 3 rings (SSSR count). The van der Waals surface area contributed by atoms with Gasteiger partial charge < -0.3 is 10.5 Å². The molecule has 5 nitrogen and oxygen atoms in total. The second-order valence-corrected chi connectivity index (χ2v) is 5.11. The molecule has 0 fully saturated rings. The number of nitrogens with zero attached hydrogens (tertiary/aromatic N) is 2. The zero-order chi connectivity index (χ0) is 14.1. The molecule has 100 valence electrons. The van der Waals surface area contributed by atoms with E-state index in [-0.39, 0.29) is 0 Å². The van der Waals surface area contributed by atoms with Crippen molar-refractivity contribution >= 4 is 33.3 Å². The second kappa shape index (κ2) is 4.90. The molecular weight excluding hydrogens is 274 g/mol. The fourth-order valence-corrected chi connectivity index (χ4v) is 2.80. The highest BCUT2D eigenvalue weighted by atomic mass is 32.1. The Bertz CT molecular complexity index is 784. The largest absolute Gasteiger partial charge is 0.465 e. The quantitative estimate of drug-likeness (QED) is 0.732. The molecule has 0 atom stereocenters. The average Bonchev–Trinajstić information content (AvgIpc) is 2.84. The molecule has 2 heterocycles. The zero-order valence-corrected chi connectivity index (χ0v) is 11.5. The lowest BCUT2D eigenvalue weighted by Crippen LogP contribution is -2.01. The number of esters is 1. The molecule has 0 aliphatic rings. The number of ether oxygens (including phenoxy) is 1. The summed E-state index contributed by atoms with van der Waals surface area (Å²) in [5, 5.41) is 0.